The van der Waals surface area contributed by atoms with Gasteiger partial charge in [0.15, 0.2) is 0 Å². The molecule has 2 nitrogen and oxygen atoms in total. The Morgan fingerprint density at radius 3 is 2.59 bits per heavy atom. The smallest absolute Gasteiger partial charge is 0.250 e. The molecule has 0 radical (unpaired) electrons. The molecule has 1 N–H and O–H groups in total. The third kappa shape index (κ3) is 4.10. The molecule has 0 heterocycles. The van der Waals surface area contributed by atoms with E-state index in [4.69, 9.17) is 4.43 Å². The number of hydrogen-bond donors (Lipinski definition) is 1. The quantitative estimate of drug-likeness (QED) is 0.533. The van der Waals surface area contributed by atoms with Crippen LogP contribution in [0.3, 0.4) is 0 Å². The highest BCUT2D eigenvalue weighted by molar-refractivity contribution is 6.74. The first-order chi connectivity index (χ1) is 12.4. The Bertz CT molecular complexity index is 612. The molecule has 3 heteroatoms. The van der Waals surface area contributed by atoms with Crippen LogP contribution in [-0.2, 0) is 4.43 Å². The fraction of sp³-hybridized carbons (Fsp3) is 0.833. The van der Waals surface area contributed by atoms with E-state index in [9.17, 15) is 5.11 Å². The molecule has 0 aromatic heterocycles. The van der Waals surface area contributed by atoms with E-state index in [-0.39, 0.29) is 11.1 Å². The summed E-state index contributed by atoms with van der Waals surface area (Å²) >= 11 is 0. The molecule has 0 bridgehead atoms. The predicted octanol–water partition coefficient (Wildman–Crippen LogP) is 6.83. The number of rotatable bonds is 4. The molecule has 2 fully saturated rings. The average Bonchev–Trinajstić information content (AvgIpc) is 3.10. The molecule has 27 heavy (non-hydrogen) atoms. The molecule has 0 saturated heterocycles. The highest BCUT2D eigenvalue weighted by Crippen LogP contribution is 2.58. The Morgan fingerprint density at radius 2 is 1.93 bits per heavy atom. The highest BCUT2D eigenvalue weighted by atomic mass is 28.4. The number of hydrogen-bond acceptors (Lipinski definition) is 2. The molecule has 1 unspecified atom stereocenters. The molecule has 0 amide bonds. The van der Waals surface area contributed by atoms with Crippen molar-refractivity contribution >= 4 is 8.32 Å². The van der Waals surface area contributed by atoms with Crippen LogP contribution < -0.4 is 0 Å². The zero-order chi connectivity index (χ0) is 20.0. The minimum absolute atomic E-state index is 0.0652. The molecule has 3 aliphatic rings. The zero-order valence-corrected chi connectivity index (χ0v) is 19.8. The van der Waals surface area contributed by atoms with Gasteiger partial charge in [-0.1, -0.05) is 47.1 Å². The van der Waals surface area contributed by atoms with Crippen LogP contribution >= 0.6 is 0 Å². The van der Waals surface area contributed by atoms with Crippen LogP contribution in [0.1, 0.15) is 79.6 Å². The van der Waals surface area contributed by atoms with Gasteiger partial charge in [0.25, 0.3) is 0 Å². The van der Waals surface area contributed by atoms with Crippen molar-refractivity contribution in [1.29, 1.82) is 0 Å². The molecule has 3 aliphatic carbocycles. The van der Waals surface area contributed by atoms with Crippen molar-refractivity contribution < 1.29 is 9.53 Å². The number of fused-ring (bicyclic) bond motifs is 1. The summed E-state index contributed by atoms with van der Waals surface area (Å²) in [6.45, 7) is 16.5. The van der Waals surface area contributed by atoms with E-state index >= 15 is 0 Å². The van der Waals surface area contributed by atoms with Crippen LogP contribution in [0, 0.1) is 23.2 Å². The lowest BCUT2D eigenvalue weighted by molar-refractivity contribution is -0.0231. The van der Waals surface area contributed by atoms with Gasteiger partial charge in [0.2, 0.25) is 8.32 Å². The molecule has 5 atom stereocenters. The number of aliphatic hydroxyl groups is 1. The maximum atomic E-state index is 10.5. The Labute approximate surface area is 168 Å². The van der Waals surface area contributed by atoms with Gasteiger partial charge in [0.05, 0.1) is 11.9 Å². The Balaban J connectivity index is 1.69. The third-order valence-corrected chi connectivity index (χ3v) is 12.9. The molecule has 154 valence electrons. The average molecular weight is 391 g/mol. The molecular weight excluding hydrogens is 348 g/mol. The minimum Gasteiger partial charge on any atom is -0.546 e. The van der Waals surface area contributed by atoms with Gasteiger partial charge in [-0.15, -0.1) is 0 Å². The molecule has 2 saturated carbocycles. The van der Waals surface area contributed by atoms with Crippen molar-refractivity contribution in [2.75, 3.05) is 0 Å². The first-order valence-corrected chi connectivity index (χ1v) is 14.1. The van der Waals surface area contributed by atoms with Gasteiger partial charge in [-0.25, -0.2) is 0 Å². The standard InChI is InChI=1S/C24H42O2Si/c1-17(20-12-13-21-22(25)9-8-14-24(20,21)5)15-18-10-11-19(16-18)26-27(6,7)23(2,3)4/h15-17,20-22,25H,8-14H2,1-7H3/b18-15+/t17-,20-,21?,22+,24-/m1/s1. The minimum atomic E-state index is -1.73. The lowest BCUT2D eigenvalue weighted by Gasteiger charge is -2.44. The fourth-order valence-electron chi connectivity index (χ4n) is 5.82. The lowest BCUT2D eigenvalue weighted by Crippen LogP contribution is -2.41. The molecule has 3 rings (SSSR count). The van der Waals surface area contributed by atoms with E-state index in [1.54, 1.807) is 0 Å². The van der Waals surface area contributed by atoms with Crippen molar-refractivity contribution in [3.05, 3.63) is 23.5 Å². The molecule has 0 spiro atoms. The monoisotopic (exact) mass is 390 g/mol. The summed E-state index contributed by atoms with van der Waals surface area (Å²) in [7, 11) is -1.73. The van der Waals surface area contributed by atoms with E-state index in [2.05, 4.69) is 59.9 Å². The largest absolute Gasteiger partial charge is 0.546 e. The normalized spacial score (nSPS) is 37.3. The van der Waals surface area contributed by atoms with Gasteiger partial charge in [-0.05, 0) is 85.1 Å². The SMILES string of the molecule is C[C@H](/C=C1/C=C(O[Si](C)(C)C(C)(C)C)CC1)[C@H]1CCC2[C@@H](O)CCC[C@@]21C. The second kappa shape index (κ2) is 7.37. The maximum absolute atomic E-state index is 10.5. The van der Waals surface area contributed by atoms with Crippen molar-refractivity contribution in [3.8, 4) is 0 Å². The lowest BCUT2D eigenvalue weighted by atomic mass is 9.62. The van der Waals surface area contributed by atoms with Crippen LogP contribution in [0.15, 0.2) is 23.5 Å². The first-order valence-electron chi connectivity index (χ1n) is 11.2. The Morgan fingerprint density at radius 1 is 1.22 bits per heavy atom. The summed E-state index contributed by atoms with van der Waals surface area (Å²) in [5.74, 6) is 3.03. The molecule has 0 aromatic rings. The van der Waals surface area contributed by atoms with Crippen molar-refractivity contribution in [2.45, 2.75) is 104 Å². The van der Waals surface area contributed by atoms with Crippen LogP contribution in [-0.4, -0.2) is 19.5 Å². The Hall–Kier alpha value is -0.543. The number of aliphatic hydroxyl groups excluding tert-OH is 1. The van der Waals surface area contributed by atoms with Crippen molar-refractivity contribution in [1.82, 2.24) is 0 Å². The summed E-state index contributed by atoms with van der Waals surface area (Å²) < 4.78 is 6.55. The first kappa shape index (κ1) is 21.2. The summed E-state index contributed by atoms with van der Waals surface area (Å²) in [6.07, 6.45) is 13.0. The van der Waals surface area contributed by atoms with Gasteiger partial charge in [-0.3, -0.25) is 0 Å². The van der Waals surface area contributed by atoms with Gasteiger partial charge in [0.1, 0.15) is 0 Å². The summed E-state index contributed by atoms with van der Waals surface area (Å²) in [5, 5.41) is 10.8. The summed E-state index contributed by atoms with van der Waals surface area (Å²) in [5.41, 5.74) is 1.80. The Kier molecular flexibility index (Phi) is 5.78. The third-order valence-electron chi connectivity index (χ3n) is 8.47. The van der Waals surface area contributed by atoms with Crippen molar-refractivity contribution in [3.63, 3.8) is 0 Å². The van der Waals surface area contributed by atoms with Gasteiger partial charge < -0.3 is 9.53 Å². The van der Waals surface area contributed by atoms with Crippen molar-refractivity contribution in [2.24, 2.45) is 23.2 Å². The van der Waals surface area contributed by atoms with Crippen LogP contribution in [0.25, 0.3) is 0 Å². The highest BCUT2D eigenvalue weighted by Gasteiger charge is 2.52. The second-order valence-corrected chi connectivity index (χ2v) is 16.1. The van der Waals surface area contributed by atoms with E-state index in [0.717, 1.165) is 19.3 Å². The topological polar surface area (TPSA) is 29.5 Å². The second-order valence-electron chi connectivity index (χ2n) is 11.3. The van der Waals surface area contributed by atoms with Crippen LogP contribution in [0.4, 0.5) is 0 Å². The zero-order valence-electron chi connectivity index (χ0n) is 18.8. The fourth-order valence-corrected chi connectivity index (χ4v) is 6.94. The van der Waals surface area contributed by atoms with E-state index in [1.807, 2.05) is 0 Å². The molecular formula is C24H42O2Si. The van der Waals surface area contributed by atoms with E-state index < -0.39 is 8.32 Å². The van der Waals surface area contributed by atoms with E-state index in [0.29, 0.717) is 23.2 Å². The van der Waals surface area contributed by atoms with Gasteiger partial charge in [0, 0.05) is 6.42 Å². The van der Waals surface area contributed by atoms with Crippen LogP contribution in [0.5, 0.6) is 0 Å². The van der Waals surface area contributed by atoms with Crippen LogP contribution in [0.2, 0.25) is 18.1 Å². The van der Waals surface area contributed by atoms with Gasteiger partial charge in [-0.2, -0.15) is 0 Å². The predicted molar refractivity (Wildman–Crippen MR) is 117 cm³/mol. The van der Waals surface area contributed by atoms with E-state index in [1.165, 1.54) is 37.0 Å². The molecule has 0 aliphatic heterocycles. The summed E-state index contributed by atoms with van der Waals surface area (Å²) in [6, 6.07) is 0. The summed E-state index contributed by atoms with van der Waals surface area (Å²) in [4.78, 5) is 0. The maximum Gasteiger partial charge on any atom is 0.250 e. The molecule has 0 aromatic carbocycles. The van der Waals surface area contributed by atoms with Gasteiger partial charge >= 0.3 is 0 Å². The number of allylic oxidation sites excluding steroid dienone is 4.